The van der Waals surface area contributed by atoms with Gasteiger partial charge in [0.25, 0.3) is 0 Å². The van der Waals surface area contributed by atoms with Crippen molar-refractivity contribution < 1.29 is 12.8 Å². The normalized spacial score (nSPS) is 11.9. The van der Waals surface area contributed by atoms with Crippen LogP contribution in [0.25, 0.3) is 27.9 Å². The van der Waals surface area contributed by atoms with Crippen LogP contribution in [0.4, 0.5) is 0 Å². The Balaban J connectivity index is 2.03. The molecule has 0 unspecified atom stereocenters. The van der Waals surface area contributed by atoms with E-state index in [0.717, 1.165) is 27.9 Å². The molecule has 4 rings (SSSR count). The van der Waals surface area contributed by atoms with Gasteiger partial charge in [0.15, 0.2) is 0 Å². The van der Waals surface area contributed by atoms with Gasteiger partial charge in [0.2, 0.25) is 10.0 Å². The molecule has 0 fully saturated rings. The van der Waals surface area contributed by atoms with Crippen LogP contribution in [0, 0.1) is 6.92 Å². The van der Waals surface area contributed by atoms with E-state index in [9.17, 15) is 8.42 Å². The van der Waals surface area contributed by atoms with Crippen molar-refractivity contribution in [2.24, 2.45) is 0 Å². The summed E-state index contributed by atoms with van der Waals surface area (Å²) in [5.74, 6) is 1.51. The van der Waals surface area contributed by atoms with E-state index in [-0.39, 0.29) is 4.90 Å². The first-order chi connectivity index (χ1) is 12.5. The summed E-state index contributed by atoms with van der Waals surface area (Å²) in [5, 5.41) is 0.819. The van der Waals surface area contributed by atoms with Crippen molar-refractivity contribution >= 4 is 20.9 Å². The Morgan fingerprint density at radius 1 is 1.00 bits per heavy atom. The van der Waals surface area contributed by atoms with Crippen molar-refractivity contribution in [1.29, 1.82) is 0 Å². The van der Waals surface area contributed by atoms with Crippen LogP contribution in [-0.4, -0.2) is 20.0 Å². The Morgan fingerprint density at radius 3 is 2.42 bits per heavy atom. The molecule has 2 heterocycles. The van der Waals surface area contributed by atoms with Crippen LogP contribution in [0.2, 0.25) is 0 Å². The number of para-hydroxylation sites is 1. The molecule has 6 heteroatoms. The predicted octanol–water partition coefficient (Wildman–Crippen LogP) is 4.11. The highest BCUT2D eigenvalue weighted by atomic mass is 32.2. The lowest BCUT2D eigenvalue weighted by molar-refractivity contribution is 0.549. The van der Waals surface area contributed by atoms with Crippen LogP contribution < -0.4 is 4.72 Å². The minimum absolute atomic E-state index is 0.225. The number of hydrogen-bond acceptors (Lipinski definition) is 3. The summed E-state index contributed by atoms with van der Waals surface area (Å²) in [7, 11) is -2.12. The summed E-state index contributed by atoms with van der Waals surface area (Å²) < 4.78 is 34.7. The van der Waals surface area contributed by atoms with Crippen molar-refractivity contribution in [3.05, 3.63) is 72.6 Å². The van der Waals surface area contributed by atoms with Gasteiger partial charge in [0.05, 0.1) is 10.4 Å². The van der Waals surface area contributed by atoms with Crippen molar-refractivity contribution in [2.75, 3.05) is 7.05 Å². The Labute approximate surface area is 151 Å². The van der Waals surface area contributed by atoms with Gasteiger partial charge in [0.1, 0.15) is 11.5 Å². The maximum absolute atomic E-state index is 12.2. The fourth-order valence-electron chi connectivity index (χ4n) is 3.07. The minimum atomic E-state index is -3.53. The van der Waals surface area contributed by atoms with Gasteiger partial charge < -0.3 is 8.98 Å². The third-order valence-electron chi connectivity index (χ3n) is 4.40. The maximum Gasteiger partial charge on any atom is 0.240 e. The molecule has 2 aromatic carbocycles. The minimum Gasteiger partial charge on any atom is -0.461 e. The van der Waals surface area contributed by atoms with Gasteiger partial charge in [0, 0.05) is 22.8 Å². The Bertz CT molecular complexity index is 1190. The SMILES string of the molecule is CNS(=O)(=O)c1ccc2c(c1)c(-c1ccc(C)o1)cn2-c1ccccc1. The van der Waals surface area contributed by atoms with E-state index in [0.29, 0.717) is 5.76 Å². The number of rotatable bonds is 4. The molecule has 0 amide bonds. The highest BCUT2D eigenvalue weighted by molar-refractivity contribution is 7.89. The molecule has 0 saturated heterocycles. The number of aryl methyl sites for hydroxylation is 1. The number of benzene rings is 2. The molecule has 0 saturated carbocycles. The molecular weight excluding hydrogens is 348 g/mol. The zero-order valence-electron chi connectivity index (χ0n) is 14.4. The largest absolute Gasteiger partial charge is 0.461 e. The Morgan fingerprint density at radius 2 is 1.77 bits per heavy atom. The second-order valence-corrected chi connectivity index (χ2v) is 7.93. The molecule has 26 heavy (non-hydrogen) atoms. The summed E-state index contributed by atoms with van der Waals surface area (Å²) >= 11 is 0. The second-order valence-electron chi connectivity index (χ2n) is 6.05. The smallest absolute Gasteiger partial charge is 0.240 e. The number of aromatic nitrogens is 1. The number of hydrogen-bond donors (Lipinski definition) is 1. The van der Waals surface area contributed by atoms with Gasteiger partial charge >= 0.3 is 0 Å². The number of furan rings is 1. The van der Waals surface area contributed by atoms with Crippen LogP contribution in [0.15, 0.2) is 76.2 Å². The third-order valence-corrected chi connectivity index (χ3v) is 5.81. The number of sulfonamides is 1. The molecule has 4 aromatic rings. The lowest BCUT2D eigenvalue weighted by Crippen LogP contribution is -2.18. The van der Waals surface area contributed by atoms with E-state index >= 15 is 0 Å². The highest BCUT2D eigenvalue weighted by Crippen LogP contribution is 2.35. The van der Waals surface area contributed by atoms with E-state index in [4.69, 9.17) is 4.42 Å². The van der Waals surface area contributed by atoms with Crippen molar-refractivity contribution in [1.82, 2.24) is 9.29 Å². The molecule has 0 aliphatic carbocycles. The van der Waals surface area contributed by atoms with Crippen molar-refractivity contribution in [2.45, 2.75) is 11.8 Å². The molecule has 0 radical (unpaired) electrons. The molecule has 0 spiro atoms. The fourth-order valence-corrected chi connectivity index (χ4v) is 3.83. The van der Waals surface area contributed by atoms with Gasteiger partial charge in [-0.05, 0) is 56.4 Å². The first-order valence-corrected chi connectivity index (χ1v) is 9.69. The zero-order valence-corrected chi connectivity index (χ0v) is 15.2. The summed E-state index contributed by atoms with van der Waals surface area (Å²) in [5.41, 5.74) is 2.76. The second kappa shape index (κ2) is 6.16. The van der Waals surface area contributed by atoms with Crippen molar-refractivity contribution in [3.63, 3.8) is 0 Å². The Hall–Kier alpha value is -2.83. The van der Waals surface area contributed by atoms with Crippen LogP contribution in [0.1, 0.15) is 5.76 Å². The number of fused-ring (bicyclic) bond motifs is 1. The average molecular weight is 366 g/mol. The lowest BCUT2D eigenvalue weighted by Gasteiger charge is -2.06. The molecule has 1 N–H and O–H groups in total. The van der Waals surface area contributed by atoms with Gasteiger partial charge in [-0.1, -0.05) is 18.2 Å². The first kappa shape index (κ1) is 16.6. The molecular formula is C20H18N2O3S. The molecule has 0 aliphatic heterocycles. The molecule has 132 valence electrons. The molecule has 0 aliphatic rings. The first-order valence-electron chi connectivity index (χ1n) is 8.20. The van der Waals surface area contributed by atoms with Crippen LogP contribution in [0.3, 0.4) is 0 Å². The van der Waals surface area contributed by atoms with E-state index < -0.39 is 10.0 Å². The average Bonchev–Trinajstić information content (AvgIpc) is 3.25. The quantitative estimate of drug-likeness (QED) is 0.591. The zero-order chi connectivity index (χ0) is 18.3. The fraction of sp³-hybridized carbons (Fsp3) is 0.100. The third kappa shape index (κ3) is 2.73. The van der Waals surface area contributed by atoms with Gasteiger partial charge in [-0.15, -0.1) is 0 Å². The van der Waals surface area contributed by atoms with Gasteiger partial charge in [-0.25, -0.2) is 13.1 Å². The number of nitrogens with zero attached hydrogens (tertiary/aromatic N) is 1. The molecule has 0 atom stereocenters. The van der Waals surface area contributed by atoms with Crippen LogP contribution >= 0.6 is 0 Å². The van der Waals surface area contributed by atoms with Gasteiger partial charge in [-0.2, -0.15) is 0 Å². The van der Waals surface area contributed by atoms with Crippen LogP contribution in [0.5, 0.6) is 0 Å². The van der Waals surface area contributed by atoms with Crippen LogP contribution in [-0.2, 0) is 10.0 Å². The topological polar surface area (TPSA) is 64.2 Å². The maximum atomic E-state index is 12.2. The van der Waals surface area contributed by atoms with E-state index in [1.165, 1.54) is 7.05 Å². The Kier molecular flexibility index (Phi) is 3.94. The highest BCUT2D eigenvalue weighted by Gasteiger charge is 2.18. The van der Waals surface area contributed by atoms with E-state index in [1.54, 1.807) is 12.1 Å². The molecule has 2 aromatic heterocycles. The summed E-state index contributed by atoms with van der Waals surface area (Å²) in [6.45, 7) is 1.89. The molecule has 5 nitrogen and oxygen atoms in total. The lowest BCUT2D eigenvalue weighted by atomic mass is 10.1. The summed E-state index contributed by atoms with van der Waals surface area (Å²) in [6.07, 6.45) is 1.98. The molecule has 0 bridgehead atoms. The number of nitrogens with one attached hydrogen (secondary N) is 1. The van der Waals surface area contributed by atoms with Gasteiger partial charge in [-0.3, -0.25) is 0 Å². The van der Waals surface area contributed by atoms with Crippen molar-refractivity contribution in [3.8, 4) is 17.0 Å². The predicted molar refractivity (Wildman–Crippen MR) is 102 cm³/mol. The van der Waals surface area contributed by atoms with E-state index in [2.05, 4.69) is 4.72 Å². The standard InChI is InChI=1S/C20H18N2O3S/c1-14-8-11-20(25-14)18-13-22(15-6-4-3-5-7-15)19-10-9-16(12-17(18)19)26(23,24)21-2/h3-13,21H,1-2H3. The summed E-state index contributed by atoms with van der Waals surface area (Å²) in [6, 6.07) is 18.8. The summed E-state index contributed by atoms with van der Waals surface area (Å²) in [4.78, 5) is 0.225. The van der Waals surface area contributed by atoms with E-state index in [1.807, 2.05) is 66.2 Å². The monoisotopic (exact) mass is 366 g/mol.